The molecule has 0 bridgehead atoms. The normalized spacial score (nSPS) is 18.0. The van der Waals surface area contributed by atoms with E-state index in [9.17, 15) is 15.0 Å². The van der Waals surface area contributed by atoms with E-state index >= 15 is 0 Å². The van der Waals surface area contributed by atoms with Crippen molar-refractivity contribution in [2.45, 2.75) is 13.8 Å². The van der Waals surface area contributed by atoms with Crippen LogP contribution in [0.3, 0.4) is 0 Å². The van der Waals surface area contributed by atoms with Gasteiger partial charge in [-0.25, -0.2) is 0 Å². The highest BCUT2D eigenvalue weighted by Crippen LogP contribution is 2.28. The van der Waals surface area contributed by atoms with Gasteiger partial charge in [0.15, 0.2) is 0 Å². The highest BCUT2D eigenvalue weighted by atomic mass is 16.3. The SMILES string of the molecule is Cc1cc(C)cc(N2CC(CO)(CO)C(=O)N2)c1. The number of aliphatic hydroxyl groups is 2. The van der Waals surface area contributed by atoms with Crippen molar-refractivity contribution in [3.8, 4) is 0 Å². The Balaban J connectivity index is 2.29. The largest absolute Gasteiger partial charge is 0.395 e. The summed E-state index contributed by atoms with van der Waals surface area (Å²) < 4.78 is 0. The zero-order valence-corrected chi connectivity index (χ0v) is 10.6. The minimum absolute atomic E-state index is 0.266. The summed E-state index contributed by atoms with van der Waals surface area (Å²) >= 11 is 0. The number of hydrogen-bond donors (Lipinski definition) is 3. The second kappa shape index (κ2) is 4.59. The van der Waals surface area contributed by atoms with Crippen molar-refractivity contribution in [2.75, 3.05) is 24.8 Å². The maximum absolute atomic E-state index is 11.8. The zero-order chi connectivity index (χ0) is 13.3. The van der Waals surface area contributed by atoms with Gasteiger partial charge in [-0.2, -0.15) is 0 Å². The van der Waals surface area contributed by atoms with E-state index in [0.29, 0.717) is 0 Å². The number of anilines is 1. The molecule has 1 aromatic carbocycles. The van der Waals surface area contributed by atoms with Gasteiger partial charge in [0.25, 0.3) is 5.91 Å². The van der Waals surface area contributed by atoms with Crippen molar-refractivity contribution in [2.24, 2.45) is 5.41 Å². The van der Waals surface area contributed by atoms with Gasteiger partial charge < -0.3 is 10.2 Å². The van der Waals surface area contributed by atoms with Crippen LogP contribution in [0.1, 0.15) is 11.1 Å². The van der Waals surface area contributed by atoms with Crippen molar-refractivity contribution in [3.63, 3.8) is 0 Å². The van der Waals surface area contributed by atoms with Crippen LogP contribution in [0.2, 0.25) is 0 Å². The minimum atomic E-state index is -1.11. The topological polar surface area (TPSA) is 72.8 Å². The molecule has 2 rings (SSSR count). The van der Waals surface area contributed by atoms with Gasteiger partial charge >= 0.3 is 0 Å². The molecule has 1 amide bonds. The summed E-state index contributed by atoms with van der Waals surface area (Å²) in [5, 5.41) is 20.3. The third kappa shape index (κ3) is 2.07. The summed E-state index contributed by atoms with van der Waals surface area (Å²) in [4.78, 5) is 11.8. The number of rotatable bonds is 3. The summed E-state index contributed by atoms with van der Waals surface area (Å²) in [6.45, 7) is 3.51. The Bertz CT molecular complexity index is 449. The van der Waals surface area contributed by atoms with Crippen LogP contribution in [-0.4, -0.2) is 35.9 Å². The molecule has 1 aliphatic heterocycles. The Morgan fingerprint density at radius 1 is 1.22 bits per heavy atom. The lowest BCUT2D eigenvalue weighted by Gasteiger charge is -2.22. The van der Waals surface area contributed by atoms with Gasteiger partial charge in [0.05, 0.1) is 25.4 Å². The van der Waals surface area contributed by atoms with Gasteiger partial charge in [-0.3, -0.25) is 15.2 Å². The molecule has 1 aliphatic rings. The Kier molecular flexibility index (Phi) is 3.28. The van der Waals surface area contributed by atoms with E-state index in [1.165, 1.54) is 0 Å². The Labute approximate surface area is 106 Å². The monoisotopic (exact) mass is 250 g/mol. The molecule has 1 aromatic rings. The van der Waals surface area contributed by atoms with Crippen LogP contribution in [0.15, 0.2) is 18.2 Å². The average Bonchev–Trinajstić information content (AvgIpc) is 2.66. The van der Waals surface area contributed by atoms with Crippen LogP contribution in [-0.2, 0) is 4.79 Å². The van der Waals surface area contributed by atoms with E-state index in [4.69, 9.17) is 0 Å². The standard InChI is InChI=1S/C13H18N2O3/c1-9-3-10(2)5-11(4-9)15-6-13(7-16,8-17)12(18)14-15/h3-5,16-17H,6-8H2,1-2H3,(H,14,18). The second-order valence-electron chi connectivity index (χ2n) is 4.97. The number of amides is 1. The van der Waals surface area contributed by atoms with Crippen LogP contribution in [0.5, 0.6) is 0 Å². The van der Waals surface area contributed by atoms with Gasteiger partial charge in [-0.1, -0.05) is 6.07 Å². The van der Waals surface area contributed by atoms with E-state index in [-0.39, 0.29) is 25.7 Å². The molecule has 5 nitrogen and oxygen atoms in total. The molecule has 98 valence electrons. The van der Waals surface area contributed by atoms with Crippen LogP contribution >= 0.6 is 0 Å². The third-order valence-electron chi connectivity index (χ3n) is 3.30. The number of benzene rings is 1. The lowest BCUT2D eigenvalue weighted by molar-refractivity contribution is -0.131. The Morgan fingerprint density at radius 3 is 2.22 bits per heavy atom. The molecule has 1 fully saturated rings. The molecular formula is C13H18N2O3. The van der Waals surface area contributed by atoms with Gasteiger partial charge in [0, 0.05) is 0 Å². The van der Waals surface area contributed by atoms with Gasteiger partial charge in [0.1, 0.15) is 5.41 Å². The van der Waals surface area contributed by atoms with Crippen LogP contribution < -0.4 is 10.4 Å². The molecule has 0 aromatic heterocycles. The molecule has 0 saturated carbocycles. The number of nitrogens with one attached hydrogen (secondary N) is 1. The summed E-state index contributed by atoms with van der Waals surface area (Å²) in [7, 11) is 0. The van der Waals surface area contributed by atoms with Crippen molar-refractivity contribution in [3.05, 3.63) is 29.3 Å². The van der Waals surface area contributed by atoms with E-state index < -0.39 is 5.41 Å². The molecule has 0 atom stereocenters. The first-order valence-corrected chi connectivity index (χ1v) is 5.89. The first-order chi connectivity index (χ1) is 8.50. The van der Waals surface area contributed by atoms with Gasteiger partial charge in [0.2, 0.25) is 0 Å². The van der Waals surface area contributed by atoms with E-state index in [2.05, 4.69) is 5.43 Å². The molecule has 1 saturated heterocycles. The molecule has 3 N–H and O–H groups in total. The average molecular weight is 250 g/mol. The zero-order valence-electron chi connectivity index (χ0n) is 10.6. The predicted molar refractivity (Wildman–Crippen MR) is 68.0 cm³/mol. The number of aliphatic hydroxyl groups excluding tert-OH is 2. The number of hydrazine groups is 1. The van der Waals surface area contributed by atoms with Crippen LogP contribution in [0.4, 0.5) is 5.69 Å². The molecule has 5 heteroatoms. The number of aryl methyl sites for hydroxylation is 2. The first-order valence-electron chi connectivity index (χ1n) is 5.89. The quantitative estimate of drug-likeness (QED) is 0.713. The maximum Gasteiger partial charge on any atom is 0.251 e. The fourth-order valence-corrected chi connectivity index (χ4v) is 2.21. The van der Waals surface area contributed by atoms with Gasteiger partial charge in [-0.05, 0) is 37.1 Å². The number of carbonyl (C=O) groups excluding carboxylic acids is 1. The molecular weight excluding hydrogens is 232 g/mol. The van der Waals surface area contributed by atoms with Crippen molar-refractivity contribution >= 4 is 11.6 Å². The summed E-state index contributed by atoms with van der Waals surface area (Å²) in [5.41, 5.74) is 4.65. The van der Waals surface area contributed by atoms with E-state index in [0.717, 1.165) is 16.8 Å². The predicted octanol–water partition coefficient (Wildman–Crippen LogP) is 0.126. The van der Waals surface area contributed by atoms with Crippen LogP contribution in [0, 0.1) is 19.3 Å². The highest BCUT2D eigenvalue weighted by Gasteiger charge is 2.45. The fourth-order valence-electron chi connectivity index (χ4n) is 2.21. The number of carbonyl (C=O) groups is 1. The Hall–Kier alpha value is -1.59. The minimum Gasteiger partial charge on any atom is -0.395 e. The fraction of sp³-hybridized carbons (Fsp3) is 0.462. The first kappa shape index (κ1) is 12.9. The molecule has 18 heavy (non-hydrogen) atoms. The molecule has 0 aliphatic carbocycles. The number of hydrogen-bond acceptors (Lipinski definition) is 4. The van der Waals surface area contributed by atoms with Crippen LogP contribution in [0.25, 0.3) is 0 Å². The lowest BCUT2D eigenvalue weighted by atomic mass is 9.90. The van der Waals surface area contributed by atoms with Crippen molar-refractivity contribution < 1.29 is 15.0 Å². The highest BCUT2D eigenvalue weighted by molar-refractivity contribution is 5.88. The maximum atomic E-state index is 11.8. The molecule has 1 heterocycles. The van der Waals surface area contributed by atoms with Gasteiger partial charge in [-0.15, -0.1) is 0 Å². The summed E-state index contributed by atoms with van der Waals surface area (Å²) in [5.74, 6) is -0.341. The van der Waals surface area contributed by atoms with Crippen molar-refractivity contribution in [1.82, 2.24) is 5.43 Å². The van der Waals surface area contributed by atoms with Crippen molar-refractivity contribution in [1.29, 1.82) is 0 Å². The molecule has 0 spiro atoms. The molecule has 0 unspecified atom stereocenters. The summed E-state index contributed by atoms with van der Waals surface area (Å²) in [6, 6.07) is 5.96. The molecule has 0 radical (unpaired) electrons. The smallest absolute Gasteiger partial charge is 0.251 e. The van der Waals surface area contributed by atoms with E-state index in [1.807, 2.05) is 32.0 Å². The Morgan fingerprint density at radius 2 is 1.78 bits per heavy atom. The second-order valence-corrected chi connectivity index (χ2v) is 4.97. The summed E-state index contributed by atoms with van der Waals surface area (Å²) in [6.07, 6.45) is 0. The number of nitrogens with zero attached hydrogens (tertiary/aromatic N) is 1. The third-order valence-corrected chi connectivity index (χ3v) is 3.30. The lowest BCUT2D eigenvalue weighted by Crippen LogP contribution is -2.39. The van der Waals surface area contributed by atoms with E-state index in [1.54, 1.807) is 5.01 Å².